The molecule has 2 aliphatic carbocycles. The van der Waals surface area contributed by atoms with Gasteiger partial charge < -0.3 is 10.4 Å². The molecule has 100 valence electrons. The molecule has 0 saturated heterocycles. The lowest BCUT2D eigenvalue weighted by Gasteiger charge is -2.35. The van der Waals surface area contributed by atoms with Crippen LogP contribution in [0.3, 0.4) is 0 Å². The van der Waals surface area contributed by atoms with Crippen LogP contribution in [0.15, 0.2) is 12.2 Å². The van der Waals surface area contributed by atoms with Crippen LogP contribution in [-0.4, -0.2) is 22.5 Å². The average molecular weight is 251 g/mol. The third-order valence-corrected chi connectivity index (χ3v) is 4.12. The second kappa shape index (κ2) is 5.55. The second-order valence-corrected chi connectivity index (χ2v) is 5.42. The summed E-state index contributed by atoms with van der Waals surface area (Å²) in [7, 11) is 0. The number of carboxylic acids is 1. The molecule has 1 fully saturated rings. The molecule has 4 heteroatoms. The SMILES string of the molecule is O=C(NC1(C(=O)O)CCCCC1)C1CC=CCC1. The van der Waals surface area contributed by atoms with Crippen LogP contribution in [0.5, 0.6) is 0 Å². The molecule has 1 amide bonds. The van der Waals surface area contributed by atoms with Gasteiger partial charge in [0.05, 0.1) is 0 Å². The Balaban J connectivity index is 2.02. The molecule has 0 heterocycles. The lowest BCUT2D eigenvalue weighted by atomic mass is 9.81. The Morgan fingerprint density at radius 2 is 1.89 bits per heavy atom. The van der Waals surface area contributed by atoms with E-state index in [-0.39, 0.29) is 11.8 Å². The zero-order valence-corrected chi connectivity index (χ0v) is 10.7. The Kier molecular flexibility index (Phi) is 4.04. The van der Waals surface area contributed by atoms with Gasteiger partial charge in [-0.25, -0.2) is 4.79 Å². The summed E-state index contributed by atoms with van der Waals surface area (Å²) >= 11 is 0. The van der Waals surface area contributed by atoms with Crippen LogP contribution < -0.4 is 5.32 Å². The maximum absolute atomic E-state index is 12.2. The number of rotatable bonds is 3. The van der Waals surface area contributed by atoms with Crippen LogP contribution in [0.2, 0.25) is 0 Å². The van der Waals surface area contributed by atoms with E-state index in [4.69, 9.17) is 0 Å². The third-order valence-electron chi connectivity index (χ3n) is 4.12. The number of carboxylic acid groups (broad SMARTS) is 1. The van der Waals surface area contributed by atoms with Gasteiger partial charge in [0, 0.05) is 5.92 Å². The molecule has 0 spiro atoms. The Morgan fingerprint density at radius 3 is 2.44 bits per heavy atom. The van der Waals surface area contributed by atoms with Gasteiger partial charge >= 0.3 is 5.97 Å². The maximum atomic E-state index is 12.2. The second-order valence-electron chi connectivity index (χ2n) is 5.42. The lowest BCUT2D eigenvalue weighted by Crippen LogP contribution is -2.57. The van der Waals surface area contributed by atoms with E-state index in [1.54, 1.807) is 0 Å². The fourth-order valence-corrected chi connectivity index (χ4v) is 2.92. The fraction of sp³-hybridized carbons (Fsp3) is 0.714. The van der Waals surface area contributed by atoms with E-state index in [0.29, 0.717) is 12.8 Å². The fourth-order valence-electron chi connectivity index (χ4n) is 2.92. The van der Waals surface area contributed by atoms with Crippen molar-refractivity contribution in [2.45, 2.75) is 56.9 Å². The molecular weight excluding hydrogens is 230 g/mol. The minimum Gasteiger partial charge on any atom is -0.480 e. The van der Waals surface area contributed by atoms with Crippen molar-refractivity contribution in [2.24, 2.45) is 5.92 Å². The number of nitrogens with one attached hydrogen (secondary N) is 1. The number of carbonyl (C=O) groups excluding carboxylic acids is 1. The zero-order valence-electron chi connectivity index (χ0n) is 10.7. The molecule has 0 aromatic heterocycles. The van der Waals surface area contributed by atoms with E-state index < -0.39 is 11.5 Å². The van der Waals surface area contributed by atoms with Crippen LogP contribution in [0.4, 0.5) is 0 Å². The maximum Gasteiger partial charge on any atom is 0.329 e. The molecular formula is C14H21NO3. The number of hydrogen-bond acceptors (Lipinski definition) is 2. The Bertz CT molecular complexity index is 356. The first-order valence-electron chi connectivity index (χ1n) is 6.84. The van der Waals surface area contributed by atoms with Crippen LogP contribution in [0.1, 0.15) is 51.4 Å². The highest BCUT2D eigenvalue weighted by Gasteiger charge is 2.41. The number of hydrogen-bond donors (Lipinski definition) is 2. The highest BCUT2D eigenvalue weighted by Crippen LogP contribution is 2.29. The Hall–Kier alpha value is -1.32. The molecule has 2 aliphatic rings. The molecule has 0 aromatic rings. The third kappa shape index (κ3) is 2.74. The summed E-state index contributed by atoms with van der Waals surface area (Å²) in [5, 5.41) is 12.2. The van der Waals surface area contributed by atoms with Crippen molar-refractivity contribution in [3.05, 3.63) is 12.2 Å². The van der Waals surface area contributed by atoms with Gasteiger partial charge in [-0.15, -0.1) is 0 Å². The Morgan fingerprint density at radius 1 is 1.17 bits per heavy atom. The van der Waals surface area contributed by atoms with Gasteiger partial charge in [0.1, 0.15) is 5.54 Å². The van der Waals surface area contributed by atoms with Gasteiger partial charge in [0.15, 0.2) is 0 Å². The lowest BCUT2D eigenvalue weighted by molar-refractivity contribution is -0.150. The smallest absolute Gasteiger partial charge is 0.329 e. The summed E-state index contributed by atoms with van der Waals surface area (Å²) < 4.78 is 0. The van der Waals surface area contributed by atoms with E-state index in [2.05, 4.69) is 11.4 Å². The minimum atomic E-state index is -1.00. The molecule has 1 unspecified atom stereocenters. The number of aliphatic carboxylic acids is 1. The first-order chi connectivity index (χ1) is 8.64. The van der Waals surface area contributed by atoms with Gasteiger partial charge in [0.2, 0.25) is 5.91 Å². The largest absolute Gasteiger partial charge is 0.480 e. The quantitative estimate of drug-likeness (QED) is 0.756. The summed E-state index contributed by atoms with van der Waals surface area (Å²) in [4.78, 5) is 23.6. The molecule has 2 rings (SSSR count). The van der Waals surface area contributed by atoms with Crippen molar-refractivity contribution < 1.29 is 14.7 Å². The summed E-state index contributed by atoms with van der Waals surface area (Å²) in [6.45, 7) is 0. The monoisotopic (exact) mass is 251 g/mol. The number of amides is 1. The van der Waals surface area contributed by atoms with Gasteiger partial charge in [-0.05, 0) is 32.1 Å². The predicted molar refractivity (Wildman–Crippen MR) is 68.1 cm³/mol. The Labute approximate surface area is 107 Å². The summed E-state index contributed by atoms with van der Waals surface area (Å²) in [5.74, 6) is -1.00. The highest BCUT2D eigenvalue weighted by molar-refractivity contribution is 5.88. The summed E-state index contributed by atoms with van der Waals surface area (Å²) in [6, 6.07) is 0. The van der Waals surface area contributed by atoms with Gasteiger partial charge in [-0.1, -0.05) is 31.4 Å². The number of carbonyl (C=O) groups is 2. The predicted octanol–water partition coefficient (Wildman–Crippen LogP) is 2.25. The van der Waals surface area contributed by atoms with Gasteiger partial charge in [-0.2, -0.15) is 0 Å². The van der Waals surface area contributed by atoms with E-state index in [1.807, 2.05) is 6.08 Å². The average Bonchev–Trinajstić information content (AvgIpc) is 2.40. The van der Waals surface area contributed by atoms with Crippen LogP contribution >= 0.6 is 0 Å². The van der Waals surface area contributed by atoms with E-state index in [9.17, 15) is 14.7 Å². The molecule has 0 aromatic carbocycles. The standard InChI is InChI=1S/C14H21NO3/c16-12(11-7-3-1-4-8-11)15-14(13(17)18)9-5-2-6-10-14/h1,3,11H,2,4-10H2,(H,15,16)(H,17,18). The first kappa shape index (κ1) is 13.1. The van der Waals surface area contributed by atoms with Crippen molar-refractivity contribution in [3.8, 4) is 0 Å². The van der Waals surface area contributed by atoms with Crippen molar-refractivity contribution in [1.82, 2.24) is 5.32 Å². The van der Waals surface area contributed by atoms with E-state index in [0.717, 1.165) is 38.5 Å². The number of allylic oxidation sites excluding steroid dienone is 2. The zero-order chi connectivity index (χ0) is 13.0. The minimum absolute atomic E-state index is 0.0480. The van der Waals surface area contributed by atoms with Crippen molar-refractivity contribution in [2.75, 3.05) is 0 Å². The molecule has 18 heavy (non-hydrogen) atoms. The van der Waals surface area contributed by atoms with Crippen LogP contribution in [-0.2, 0) is 9.59 Å². The van der Waals surface area contributed by atoms with Gasteiger partial charge in [0.25, 0.3) is 0 Å². The molecule has 0 aliphatic heterocycles. The molecule has 1 atom stereocenters. The molecule has 1 saturated carbocycles. The van der Waals surface area contributed by atoms with Crippen LogP contribution in [0, 0.1) is 5.92 Å². The van der Waals surface area contributed by atoms with E-state index in [1.165, 1.54) is 0 Å². The molecule has 4 nitrogen and oxygen atoms in total. The molecule has 2 N–H and O–H groups in total. The van der Waals surface area contributed by atoms with Crippen molar-refractivity contribution in [3.63, 3.8) is 0 Å². The summed E-state index contributed by atoms with van der Waals surface area (Å²) in [5.41, 5.74) is -1.00. The normalized spacial score (nSPS) is 26.6. The first-order valence-corrected chi connectivity index (χ1v) is 6.84. The van der Waals surface area contributed by atoms with Crippen molar-refractivity contribution >= 4 is 11.9 Å². The van der Waals surface area contributed by atoms with Gasteiger partial charge in [-0.3, -0.25) is 4.79 Å². The topological polar surface area (TPSA) is 66.4 Å². The summed E-state index contributed by atoms with van der Waals surface area (Å²) in [6.07, 6.45) is 10.6. The molecule has 0 bridgehead atoms. The van der Waals surface area contributed by atoms with Crippen LogP contribution in [0.25, 0.3) is 0 Å². The van der Waals surface area contributed by atoms with E-state index >= 15 is 0 Å². The van der Waals surface area contributed by atoms with Crippen molar-refractivity contribution in [1.29, 1.82) is 0 Å². The highest BCUT2D eigenvalue weighted by atomic mass is 16.4. The molecule has 0 radical (unpaired) electrons.